The number of fused-ring (bicyclic) bond motifs is 1. The van der Waals surface area contributed by atoms with Crippen LogP contribution in [0, 0.1) is 5.92 Å². The van der Waals surface area contributed by atoms with Crippen LogP contribution < -0.4 is 11.1 Å². The molecule has 5 heteroatoms. The van der Waals surface area contributed by atoms with Crippen LogP contribution >= 0.6 is 0 Å². The van der Waals surface area contributed by atoms with Gasteiger partial charge in [0.1, 0.15) is 0 Å². The highest BCUT2D eigenvalue weighted by molar-refractivity contribution is 6.07. The molecule has 0 atom stereocenters. The van der Waals surface area contributed by atoms with E-state index >= 15 is 0 Å². The van der Waals surface area contributed by atoms with Crippen molar-refractivity contribution in [3.63, 3.8) is 0 Å². The summed E-state index contributed by atoms with van der Waals surface area (Å²) in [4.78, 5) is 23.1. The molecule has 2 aromatic rings. The zero-order chi connectivity index (χ0) is 16.1. The van der Waals surface area contributed by atoms with Gasteiger partial charge in [-0.3, -0.25) is 9.59 Å². The lowest BCUT2D eigenvalue weighted by molar-refractivity contribution is -0.118. The van der Waals surface area contributed by atoms with Gasteiger partial charge in [0.15, 0.2) is 0 Å². The van der Waals surface area contributed by atoms with Crippen LogP contribution in [0.15, 0.2) is 30.5 Å². The smallest absolute Gasteiger partial charge is 0.253 e. The van der Waals surface area contributed by atoms with Crippen molar-refractivity contribution in [3.8, 4) is 0 Å². The van der Waals surface area contributed by atoms with E-state index in [1.54, 1.807) is 0 Å². The first-order chi connectivity index (χ1) is 10.5. The van der Waals surface area contributed by atoms with Gasteiger partial charge in [0, 0.05) is 36.6 Å². The van der Waals surface area contributed by atoms with Crippen LogP contribution in [0.4, 0.5) is 0 Å². The molecule has 2 amide bonds. The van der Waals surface area contributed by atoms with E-state index in [9.17, 15) is 9.59 Å². The first-order valence-corrected chi connectivity index (χ1v) is 7.63. The summed E-state index contributed by atoms with van der Waals surface area (Å²) in [5.74, 6) is 0.0493. The minimum Gasteiger partial charge on any atom is -0.370 e. The number of hydrogen-bond donors (Lipinski definition) is 2. The molecule has 0 aliphatic heterocycles. The van der Waals surface area contributed by atoms with Gasteiger partial charge < -0.3 is 15.6 Å². The van der Waals surface area contributed by atoms with Crippen molar-refractivity contribution < 1.29 is 9.59 Å². The second-order valence-electron chi connectivity index (χ2n) is 5.93. The van der Waals surface area contributed by atoms with Gasteiger partial charge in [0.2, 0.25) is 5.91 Å². The maximum Gasteiger partial charge on any atom is 0.253 e. The minimum absolute atomic E-state index is 0.108. The van der Waals surface area contributed by atoms with Crippen molar-refractivity contribution >= 4 is 22.7 Å². The molecule has 1 aromatic carbocycles. The van der Waals surface area contributed by atoms with Crippen LogP contribution in [0.5, 0.6) is 0 Å². The number of primary amides is 1. The summed E-state index contributed by atoms with van der Waals surface area (Å²) in [5, 5.41) is 3.81. The average Bonchev–Trinajstić information content (AvgIpc) is 2.82. The van der Waals surface area contributed by atoms with Crippen molar-refractivity contribution in [1.82, 2.24) is 9.88 Å². The number of carbonyl (C=O) groups is 2. The van der Waals surface area contributed by atoms with Gasteiger partial charge >= 0.3 is 0 Å². The molecule has 0 aliphatic rings. The molecule has 0 radical (unpaired) electrons. The molecule has 0 unspecified atom stereocenters. The molecule has 0 spiro atoms. The van der Waals surface area contributed by atoms with Gasteiger partial charge in [-0.15, -0.1) is 0 Å². The summed E-state index contributed by atoms with van der Waals surface area (Å²) >= 11 is 0. The lowest BCUT2D eigenvalue weighted by atomic mass is 10.1. The Bertz CT molecular complexity index is 674. The third kappa shape index (κ3) is 3.87. The second-order valence-corrected chi connectivity index (χ2v) is 5.93. The number of carbonyl (C=O) groups excluding carboxylic acids is 2. The summed E-state index contributed by atoms with van der Waals surface area (Å²) in [6.07, 6.45) is 2.76. The molecule has 0 saturated heterocycles. The Morgan fingerprint density at radius 2 is 2.00 bits per heavy atom. The molecule has 5 nitrogen and oxygen atoms in total. The number of aromatic nitrogens is 1. The van der Waals surface area contributed by atoms with Gasteiger partial charge in [-0.25, -0.2) is 0 Å². The highest BCUT2D eigenvalue weighted by Crippen LogP contribution is 2.22. The number of amides is 2. The zero-order valence-electron chi connectivity index (χ0n) is 13.1. The zero-order valence-corrected chi connectivity index (χ0v) is 13.1. The molecule has 1 aromatic heterocycles. The maximum atomic E-state index is 12.4. The number of nitrogens with two attached hydrogens (primary N) is 1. The van der Waals surface area contributed by atoms with E-state index in [0.717, 1.165) is 17.4 Å². The fourth-order valence-corrected chi connectivity index (χ4v) is 2.53. The average molecular weight is 301 g/mol. The molecule has 2 rings (SSSR count). The van der Waals surface area contributed by atoms with Gasteiger partial charge in [-0.2, -0.15) is 0 Å². The Morgan fingerprint density at radius 3 is 2.68 bits per heavy atom. The van der Waals surface area contributed by atoms with Gasteiger partial charge in [0.25, 0.3) is 5.91 Å². The quantitative estimate of drug-likeness (QED) is 0.770. The highest BCUT2D eigenvalue weighted by Gasteiger charge is 2.14. The molecule has 1 heterocycles. The van der Waals surface area contributed by atoms with Crippen LogP contribution in [0.3, 0.4) is 0 Å². The molecule has 0 saturated carbocycles. The van der Waals surface area contributed by atoms with Gasteiger partial charge in [-0.1, -0.05) is 32.0 Å². The fourth-order valence-electron chi connectivity index (χ4n) is 2.53. The molecule has 118 valence electrons. The van der Waals surface area contributed by atoms with E-state index in [4.69, 9.17) is 5.73 Å². The standard InChI is InChI=1S/C17H23N3O2/c1-12(2)10-20-11-14(13-6-3-4-7-15(13)20)17(22)19-9-5-8-16(18)21/h3-4,6-7,11-12H,5,8-10H2,1-2H3,(H2,18,21)(H,19,22). The lowest BCUT2D eigenvalue weighted by Crippen LogP contribution is -2.25. The Labute approximate surface area is 130 Å². The molecule has 3 N–H and O–H groups in total. The first-order valence-electron chi connectivity index (χ1n) is 7.63. The molecule has 0 aliphatic carbocycles. The summed E-state index contributed by atoms with van der Waals surface area (Å²) in [7, 11) is 0. The summed E-state index contributed by atoms with van der Waals surface area (Å²) in [5.41, 5.74) is 6.83. The van der Waals surface area contributed by atoms with E-state index in [2.05, 4.69) is 23.7 Å². The number of hydrogen-bond acceptors (Lipinski definition) is 2. The van der Waals surface area contributed by atoms with E-state index in [1.807, 2.05) is 30.5 Å². The normalized spacial score (nSPS) is 11.0. The predicted octanol–water partition coefficient (Wildman–Crippen LogP) is 2.29. The number of nitrogens with one attached hydrogen (secondary N) is 1. The van der Waals surface area contributed by atoms with Crippen molar-refractivity contribution in [2.75, 3.05) is 6.54 Å². The maximum absolute atomic E-state index is 12.4. The predicted molar refractivity (Wildman–Crippen MR) is 87.5 cm³/mol. The Kier molecular flexibility index (Phi) is 5.20. The SMILES string of the molecule is CC(C)Cn1cc(C(=O)NCCCC(N)=O)c2ccccc21. The Morgan fingerprint density at radius 1 is 1.27 bits per heavy atom. The van der Waals surface area contributed by atoms with Crippen LogP contribution in [-0.2, 0) is 11.3 Å². The van der Waals surface area contributed by atoms with Crippen molar-refractivity contribution in [2.45, 2.75) is 33.2 Å². The van der Waals surface area contributed by atoms with Gasteiger partial charge in [0.05, 0.1) is 5.56 Å². The molecular weight excluding hydrogens is 278 g/mol. The first kappa shape index (κ1) is 16.1. The monoisotopic (exact) mass is 301 g/mol. The Hall–Kier alpha value is -2.30. The van der Waals surface area contributed by atoms with Crippen LogP contribution in [-0.4, -0.2) is 22.9 Å². The second kappa shape index (κ2) is 7.11. The highest BCUT2D eigenvalue weighted by atomic mass is 16.2. The van der Waals surface area contributed by atoms with E-state index in [0.29, 0.717) is 24.4 Å². The van der Waals surface area contributed by atoms with Crippen LogP contribution in [0.25, 0.3) is 10.9 Å². The third-order valence-corrected chi connectivity index (χ3v) is 3.48. The van der Waals surface area contributed by atoms with Gasteiger partial charge in [-0.05, 0) is 18.4 Å². The van der Waals surface area contributed by atoms with Crippen LogP contribution in [0.1, 0.15) is 37.0 Å². The number of nitrogens with zero attached hydrogens (tertiary/aromatic N) is 1. The summed E-state index contributed by atoms with van der Waals surface area (Å²) in [6, 6.07) is 7.91. The number of benzene rings is 1. The molecular formula is C17H23N3O2. The minimum atomic E-state index is -0.345. The fraction of sp³-hybridized carbons (Fsp3) is 0.412. The van der Waals surface area contributed by atoms with E-state index in [1.165, 1.54) is 0 Å². The van der Waals surface area contributed by atoms with Crippen LogP contribution in [0.2, 0.25) is 0 Å². The van der Waals surface area contributed by atoms with Crippen molar-refractivity contribution in [3.05, 3.63) is 36.0 Å². The van der Waals surface area contributed by atoms with E-state index < -0.39 is 0 Å². The lowest BCUT2D eigenvalue weighted by Gasteiger charge is -2.07. The number of rotatable bonds is 7. The molecule has 0 bridgehead atoms. The van der Waals surface area contributed by atoms with Crippen molar-refractivity contribution in [2.24, 2.45) is 11.7 Å². The van der Waals surface area contributed by atoms with E-state index in [-0.39, 0.29) is 18.2 Å². The third-order valence-electron chi connectivity index (χ3n) is 3.48. The number of para-hydroxylation sites is 1. The molecule has 0 fully saturated rings. The van der Waals surface area contributed by atoms with Crippen molar-refractivity contribution in [1.29, 1.82) is 0 Å². The molecule has 22 heavy (non-hydrogen) atoms. The summed E-state index contributed by atoms with van der Waals surface area (Å²) < 4.78 is 2.12. The Balaban J connectivity index is 2.16. The topological polar surface area (TPSA) is 77.1 Å². The largest absolute Gasteiger partial charge is 0.370 e. The summed E-state index contributed by atoms with van der Waals surface area (Å²) in [6.45, 7) is 5.62.